The highest BCUT2D eigenvalue weighted by molar-refractivity contribution is 5.93. The quantitative estimate of drug-likeness (QED) is 0.204. The second-order valence-electron chi connectivity index (χ2n) is 9.19. The van der Waals surface area contributed by atoms with Crippen molar-refractivity contribution in [2.75, 3.05) is 27.9 Å². The van der Waals surface area contributed by atoms with Crippen LogP contribution < -0.4 is 9.47 Å². The minimum absolute atomic E-state index is 0.251. The first-order valence-electron chi connectivity index (χ1n) is 12.9. The molecule has 3 aromatic heterocycles. The number of fused-ring (bicyclic) bond motifs is 1. The van der Waals surface area contributed by atoms with Crippen LogP contribution in [0.15, 0.2) is 73.1 Å². The van der Waals surface area contributed by atoms with Crippen LogP contribution in [0.25, 0.3) is 22.3 Å². The van der Waals surface area contributed by atoms with Crippen molar-refractivity contribution in [1.82, 2.24) is 19.5 Å². The van der Waals surface area contributed by atoms with E-state index in [1.165, 1.54) is 13.2 Å². The largest absolute Gasteiger partial charge is 0.495 e. The van der Waals surface area contributed by atoms with E-state index < -0.39 is 5.97 Å². The molecule has 0 bridgehead atoms. The number of benzene rings is 2. The lowest BCUT2D eigenvalue weighted by Crippen LogP contribution is -2.10. The fraction of sp³-hybridized carbons (Fsp3) is 0.226. The van der Waals surface area contributed by atoms with Crippen LogP contribution in [-0.4, -0.2) is 53.4 Å². The fourth-order valence-electron chi connectivity index (χ4n) is 4.52. The molecule has 210 valence electrons. The van der Waals surface area contributed by atoms with Gasteiger partial charge in [-0.25, -0.2) is 19.2 Å². The Hall–Kier alpha value is -4.83. The Morgan fingerprint density at radius 2 is 1.85 bits per heavy atom. The van der Waals surface area contributed by atoms with E-state index in [2.05, 4.69) is 9.97 Å². The number of carbonyl (C=O) groups excluding carboxylic acids is 1. The average Bonchev–Trinajstić information content (AvgIpc) is 3.35. The third-order valence-corrected chi connectivity index (χ3v) is 6.65. The van der Waals surface area contributed by atoms with Crippen LogP contribution in [0.4, 0.5) is 4.39 Å². The maximum Gasteiger partial charge on any atom is 0.337 e. The number of rotatable bonds is 11. The number of hydrogen-bond acceptors (Lipinski definition) is 8. The topological polar surface area (TPSA) is 97.6 Å². The van der Waals surface area contributed by atoms with Gasteiger partial charge in [0.05, 0.1) is 49.3 Å². The van der Waals surface area contributed by atoms with Gasteiger partial charge < -0.3 is 23.5 Å². The average molecular weight is 557 g/mol. The van der Waals surface area contributed by atoms with Gasteiger partial charge in [-0.3, -0.25) is 4.98 Å². The first-order chi connectivity index (χ1) is 20.0. The summed E-state index contributed by atoms with van der Waals surface area (Å²) in [6.45, 7) is 1.18. The molecule has 9 nitrogen and oxygen atoms in total. The van der Waals surface area contributed by atoms with E-state index in [0.717, 1.165) is 11.1 Å². The van der Waals surface area contributed by atoms with Crippen LogP contribution in [0.3, 0.4) is 0 Å². The Morgan fingerprint density at radius 1 is 0.976 bits per heavy atom. The number of nitrogens with zero attached hydrogens (tertiary/aromatic N) is 4. The SMILES string of the molecule is COCCn1c(Cc2ccc(-c3cccc(OCc4ccncc4OC)n3)cc2F)nc2ccc(C(=O)OC)cc21. The molecule has 0 radical (unpaired) electrons. The van der Waals surface area contributed by atoms with Crippen LogP contribution in [0, 0.1) is 5.82 Å². The molecule has 0 saturated carbocycles. The zero-order valence-corrected chi connectivity index (χ0v) is 23.0. The molecule has 0 atom stereocenters. The molecule has 0 unspecified atom stereocenters. The van der Waals surface area contributed by atoms with E-state index in [4.69, 9.17) is 23.9 Å². The number of aromatic nitrogens is 4. The summed E-state index contributed by atoms with van der Waals surface area (Å²) in [4.78, 5) is 25.4. The minimum atomic E-state index is -0.435. The summed E-state index contributed by atoms with van der Waals surface area (Å²) in [6.07, 6.45) is 3.54. The minimum Gasteiger partial charge on any atom is -0.495 e. The van der Waals surface area contributed by atoms with Gasteiger partial charge in [-0.15, -0.1) is 0 Å². The van der Waals surface area contributed by atoms with Gasteiger partial charge in [-0.1, -0.05) is 18.2 Å². The van der Waals surface area contributed by atoms with E-state index in [1.807, 2.05) is 22.8 Å². The summed E-state index contributed by atoms with van der Waals surface area (Å²) in [6, 6.07) is 17.4. The summed E-state index contributed by atoms with van der Waals surface area (Å²) in [5, 5.41) is 0. The van der Waals surface area contributed by atoms with Crippen molar-refractivity contribution < 1.29 is 28.1 Å². The third kappa shape index (κ3) is 6.17. The molecular weight excluding hydrogens is 527 g/mol. The predicted molar refractivity (Wildman–Crippen MR) is 151 cm³/mol. The van der Waals surface area contributed by atoms with Crippen LogP contribution in [-0.2, 0) is 29.0 Å². The Morgan fingerprint density at radius 3 is 2.63 bits per heavy atom. The first-order valence-corrected chi connectivity index (χ1v) is 12.9. The maximum absolute atomic E-state index is 15.4. The number of ether oxygens (including phenoxy) is 4. The molecular formula is C31H29FN4O5. The zero-order valence-electron chi connectivity index (χ0n) is 23.0. The smallest absolute Gasteiger partial charge is 0.337 e. The summed E-state index contributed by atoms with van der Waals surface area (Å²) in [7, 11) is 4.53. The van der Waals surface area contributed by atoms with Crippen molar-refractivity contribution in [3.05, 3.63) is 101 Å². The molecule has 0 amide bonds. The molecule has 0 aliphatic carbocycles. The lowest BCUT2D eigenvalue weighted by Gasteiger charge is -2.11. The van der Waals surface area contributed by atoms with Gasteiger partial charge in [0.15, 0.2) is 0 Å². The van der Waals surface area contributed by atoms with Crippen LogP contribution in [0.1, 0.15) is 27.3 Å². The number of imidazole rings is 1. The Kier molecular flexibility index (Phi) is 8.50. The summed E-state index contributed by atoms with van der Waals surface area (Å²) in [5.41, 5.74) is 4.38. The molecule has 41 heavy (non-hydrogen) atoms. The number of methoxy groups -OCH3 is 3. The Labute approximate surface area is 236 Å². The number of esters is 1. The predicted octanol–water partition coefficient (Wildman–Crippen LogP) is 5.24. The summed E-state index contributed by atoms with van der Waals surface area (Å²) >= 11 is 0. The van der Waals surface area contributed by atoms with Crippen molar-refractivity contribution >= 4 is 17.0 Å². The van der Waals surface area contributed by atoms with Crippen LogP contribution >= 0.6 is 0 Å². The first kappa shape index (κ1) is 27.7. The fourth-order valence-corrected chi connectivity index (χ4v) is 4.52. The monoisotopic (exact) mass is 556 g/mol. The zero-order chi connectivity index (χ0) is 28.8. The van der Waals surface area contributed by atoms with Gasteiger partial charge in [0, 0.05) is 43.5 Å². The molecule has 3 heterocycles. The van der Waals surface area contributed by atoms with E-state index in [0.29, 0.717) is 58.5 Å². The van der Waals surface area contributed by atoms with Gasteiger partial charge in [0.25, 0.3) is 0 Å². The van der Waals surface area contributed by atoms with Gasteiger partial charge in [-0.05, 0) is 42.0 Å². The van der Waals surface area contributed by atoms with Gasteiger partial charge >= 0.3 is 5.97 Å². The Balaban J connectivity index is 1.38. The maximum atomic E-state index is 15.4. The molecule has 0 fully saturated rings. The van der Waals surface area contributed by atoms with Crippen molar-refractivity contribution in [1.29, 1.82) is 0 Å². The Bertz CT molecular complexity index is 1690. The molecule has 0 saturated heterocycles. The second kappa shape index (κ2) is 12.6. The second-order valence-corrected chi connectivity index (χ2v) is 9.19. The summed E-state index contributed by atoms with van der Waals surface area (Å²) in [5.74, 6) is 0.878. The molecule has 5 rings (SSSR count). The molecule has 2 aromatic carbocycles. The standard InChI is InChI=1S/C31H29FN4O5/c1-38-14-13-36-27-16-22(31(37)40-3)9-10-26(27)34-29(36)17-20-7-8-21(15-24(20)32)25-5-4-6-30(35-25)41-19-23-11-12-33-18-28(23)39-2/h4-12,15-16,18H,13-14,17,19H2,1-3H3. The molecule has 0 spiro atoms. The molecule has 5 aromatic rings. The van der Waals surface area contributed by atoms with E-state index in [9.17, 15) is 4.79 Å². The van der Waals surface area contributed by atoms with Crippen molar-refractivity contribution in [3.8, 4) is 22.9 Å². The summed E-state index contributed by atoms with van der Waals surface area (Å²) < 4.78 is 38.7. The lowest BCUT2D eigenvalue weighted by atomic mass is 10.1. The number of pyridine rings is 2. The van der Waals surface area contributed by atoms with Crippen molar-refractivity contribution in [2.45, 2.75) is 19.6 Å². The highest BCUT2D eigenvalue weighted by Crippen LogP contribution is 2.26. The van der Waals surface area contributed by atoms with Gasteiger partial charge in [0.2, 0.25) is 5.88 Å². The van der Waals surface area contributed by atoms with E-state index in [1.54, 1.807) is 63.0 Å². The van der Waals surface area contributed by atoms with E-state index >= 15 is 4.39 Å². The van der Waals surface area contributed by atoms with Crippen LogP contribution in [0.5, 0.6) is 11.6 Å². The highest BCUT2D eigenvalue weighted by Gasteiger charge is 2.17. The van der Waals surface area contributed by atoms with Crippen molar-refractivity contribution in [2.24, 2.45) is 0 Å². The normalized spacial score (nSPS) is 11.0. The van der Waals surface area contributed by atoms with Gasteiger partial charge in [0.1, 0.15) is 24.0 Å². The van der Waals surface area contributed by atoms with Crippen molar-refractivity contribution in [3.63, 3.8) is 0 Å². The number of carbonyl (C=O) groups is 1. The van der Waals surface area contributed by atoms with Crippen LogP contribution in [0.2, 0.25) is 0 Å². The molecule has 10 heteroatoms. The molecule has 0 aliphatic rings. The van der Waals surface area contributed by atoms with E-state index in [-0.39, 0.29) is 18.8 Å². The van der Waals surface area contributed by atoms with Gasteiger partial charge in [-0.2, -0.15) is 0 Å². The third-order valence-electron chi connectivity index (χ3n) is 6.65. The highest BCUT2D eigenvalue weighted by atomic mass is 19.1. The molecule has 0 aliphatic heterocycles. The molecule has 0 N–H and O–H groups in total. The number of hydrogen-bond donors (Lipinski definition) is 0. The lowest BCUT2D eigenvalue weighted by molar-refractivity contribution is 0.0601. The number of halogens is 1.